The number of carbonyl (C=O) groups is 1. The maximum Gasteiger partial charge on any atom is 0.163 e. The molecule has 0 unspecified atom stereocenters. The van der Waals surface area contributed by atoms with Gasteiger partial charge in [-0.05, 0) is 30.2 Å². The summed E-state index contributed by atoms with van der Waals surface area (Å²) in [5, 5.41) is 9.60. The fourth-order valence-corrected chi connectivity index (χ4v) is 2.07. The van der Waals surface area contributed by atoms with E-state index in [4.69, 9.17) is 16.3 Å². The lowest BCUT2D eigenvalue weighted by Gasteiger charge is -2.12. The van der Waals surface area contributed by atoms with Crippen molar-refractivity contribution in [1.82, 2.24) is 0 Å². The van der Waals surface area contributed by atoms with Gasteiger partial charge in [0, 0.05) is 5.02 Å². The van der Waals surface area contributed by atoms with Gasteiger partial charge in [0.15, 0.2) is 5.78 Å². The van der Waals surface area contributed by atoms with E-state index in [2.05, 4.69) is 0 Å². The zero-order chi connectivity index (χ0) is 14.5. The molecule has 104 valence electrons. The number of benzene rings is 2. The molecule has 0 spiro atoms. The molecular weight excluding hydrogens is 276 g/mol. The molecule has 0 heterocycles. The standard InChI is InChI=1S/C16H15ClO3/c1-11(19)14-8-15(17)13(9-18)7-16(14)20-10-12-5-3-2-4-6-12/h2-8,18H,9-10H2,1H3. The molecule has 3 nitrogen and oxygen atoms in total. The van der Waals surface area contributed by atoms with E-state index in [0.717, 1.165) is 5.56 Å². The maximum absolute atomic E-state index is 11.6. The second-order valence-electron chi connectivity index (χ2n) is 4.43. The van der Waals surface area contributed by atoms with Crippen LogP contribution in [0.1, 0.15) is 28.4 Å². The lowest BCUT2D eigenvalue weighted by molar-refractivity contribution is 0.101. The molecule has 0 radical (unpaired) electrons. The zero-order valence-corrected chi connectivity index (χ0v) is 11.9. The van der Waals surface area contributed by atoms with Crippen LogP contribution in [0.2, 0.25) is 5.02 Å². The zero-order valence-electron chi connectivity index (χ0n) is 11.1. The molecule has 0 aliphatic carbocycles. The Bertz CT molecular complexity index is 609. The number of hydrogen-bond acceptors (Lipinski definition) is 3. The third kappa shape index (κ3) is 3.38. The number of carbonyl (C=O) groups excluding carboxylic acids is 1. The highest BCUT2D eigenvalue weighted by Crippen LogP contribution is 2.28. The second kappa shape index (κ2) is 6.55. The monoisotopic (exact) mass is 290 g/mol. The van der Waals surface area contributed by atoms with Crippen molar-refractivity contribution < 1.29 is 14.6 Å². The Morgan fingerprint density at radius 1 is 1.25 bits per heavy atom. The van der Waals surface area contributed by atoms with Gasteiger partial charge in [-0.2, -0.15) is 0 Å². The van der Waals surface area contributed by atoms with Gasteiger partial charge < -0.3 is 9.84 Å². The number of aliphatic hydroxyl groups is 1. The lowest BCUT2D eigenvalue weighted by atomic mass is 10.1. The van der Waals surface area contributed by atoms with Gasteiger partial charge in [-0.3, -0.25) is 4.79 Å². The quantitative estimate of drug-likeness (QED) is 0.856. The van der Waals surface area contributed by atoms with Crippen molar-refractivity contribution in [2.45, 2.75) is 20.1 Å². The van der Waals surface area contributed by atoms with Crippen molar-refractivity contribution >= 4 is 17.4 Å². The van der Waals surface area contributed by atoms with Gasteiger partial charge in [0.25, 0.3) is 0 Å². The van der Waals surface area contributed by atoms with Crippen LogP contribution >= 0.6 is 11.6 Å². The lowest BCUT2D eigenvalue weighted by Crippen LogP contribution is -2.03. The molecule has 2 rings (SSSR count). The van der Waals surface area contributed by atoms with Crippen LogP contribution in [0.3, 0.4) is 0 Å². The number of aliphatic hydroxyl groups excluding tert-OH is 1. The maximum atomic E-state index is 11.6. The molecule has 0 amide bonds. The van der Waals surface area contributed by atoms with Crippen molar-refractivity contribution in [2.24, 2.45) is 0 Å². The minimum Gasteiger partial charge on any atom is -0.488 e. The first kappa shape index (κ1) is 14.6. The molecule has 0 saturated heterocycles. The Labute approximate surface area is 122 Å². The minimum absolute atomic E-state index is 0.126. The highest BCUT2D eigenvalue weighted by atomic mass is 35.5. The van der Waals surface area contributed by atoms with Crippen LogP contribution in [-0.4, -0.2) is 10.9 Å². The van der Waals surface area contributed by atoms with Crippen LogP contribution in [0.15, 0.2) is 42.5 Å². The molecule has 1 N–H and O–H groups in total. The summed E-state index contributed by atoms with van der Waals surface area (Å²) in [5.74, 6) is 0.314. The predicted octanol–water partition coefficient (Wildman–Crippen LogP) is 3.61. The second-order valence-corrected chi connectivity index (χ2v) is 4.84. The van der Waals surface area contributed by atoms with Crippen molar-refractivity contribution in [3.05, 3.63) is 64.2 Å². The number of Topliss-reactive ketones (excluding diaryl/α,β-unsaturated/α-hetero) is 1. The Morgan fingerprint density at radius 3 is 2.55 bits per heavy atom. The third-order valence-electron chi connectivity index (χ3n) is 2.94. The summed E-state index contributed by atoms with van der Waals surface area (Å²) in [7, 11) is 0. The summed E-state index contributed by atoms with van der Waals surface area (Å²) >= 11 is 5.99. The van der Waals surface area contributed by atoms with E-state index >= 15 is 0 Å². The van der Waals surface area contributed by atoms with Crippen LogP contribution in [0.25, 0.3) is 0 Å². The van der Waals surface area contributed by atoms with E-state index in [9.17, 15) is 9.90 Å². The Balaban J connectivity index is 2.27. The smallest absolute Gasteiger partial charge is 0.163 e. The molecule has 2 aromatic carbocycles. The van der Waals surface area contributed by atoms with Gasteiger partial charge >= 0.3 is 0 Å². The highest BCUT2D eigenvalue weighted by molar-refractivity contribution is 6.31. The van der Waals surface area contributed by atoms with E-state index in [0.29, 0.717) is 28.5 Å². The van der Waals surface area contributed by atoms with Crippen LogP contribution in [0.5, 0.6) is 5.75 Å². The van der Waals surface area contributed by atoms with Gasteiger partial charge in [-0.25, -0.2) is 0 Å². The van der Waals surface area contributed by atoms with Crippen LogP contribution in [-0.2, 0) is 13.2 Å². The number of halogens is 1. The molecule has 0 aromatic heterocycles. The van der Waals surface area contributed by atoms with E-state index in [1.165, 1.54) is 13.0 Å². The van der Waals surface area contributed by atoms with Gasteiger partial charge in [-0.1, -0.05) is 41.9 Å². The van der Waals surface area contributed by atoms with Crippen molar-refractivity contribution in [3.63, 3.8) is 0 Å². The number of ketones is 1. The van der Waals surface area contributed by atoms with E-state index < -0.39 is 0 Å². The molecule has 0 bridgehead atoms. The Hall–Kier alpha value is -1.84. The molecule has 0 saturated carbocycles. The Kier molecular flexibility index (Phi) is 4.77. The fraction of sp³-hybridized carbons (Fsp3) is 0.188. The number of rotatable bonds is 5. The molecule has 0 aliphatic rings. The minimum atomic E-state index is -0.196. The summed E-state index contributed by atoms with van der Waals surface area (Å²) < 4.78 is 5.69. The SMILES string of the molecule is CC(=O)c1cc(Cl)c(CO)cc1OCc1ccccc1. The topological polar surface area (TPSA) is 46.5 Å². The van der Waals surface area contributed by atoms with Crippen molar-refractivity contribution in [1.29, 1.82) is 0 Å². The first-order valence-electron chi connectivity index (χ1n) is 6.22. The summed E-state index contributed by atoms with van der Waals surface area (Å²) in [4.78, 5) is 11.6. The average Bonchev–Trinajstić information content (AvgIpc) is 2.46. The van der Waals surface area contributed by atoms with E-state index in [1.807, 2.05) is 30.3 Å². The normalized spacial score (nSPS) is 10.3. The van der Waals surface area contributed by atoms with Gasteiger partial charge in [0.1, 0.15) is 12.4 Å². The highest BCUT2D eigenvalue weighted by Gasteiger charge is 2.13. The van der Waals surface area contributed by atoms with Gasteiger partial charge in [0.05, 0.1) is 12.2 Å². The molecule has 20 heavy (non-hydrogen) atoms. The molecule has 4 heteroatoms. The fourth-order valence-electron chi connectivity index (χ4n) is 1.85. The molecular formula is C16H15ClO3. The summed E-state index contributed by atoms with van der Waals surface area (Å²) in [6.07, 6.45) is 0. The molecule has 0 aliphatic heterocycles. The summed E-state index contributed by atoms with van der Waals surface area (Å²) in [6, 6.07) is 12.8. The summed E-state index contributed by atoms with van der Waals surface area (Å²) in [6.45, 7) is 1.62. The third-order valence-corrected chi connectivity index (χ3v) is 3.29. The Morgan fingerprint density at radius 2 is 1.95 bits per heavy atom. The first-order chi connectivity index (χ1) is 9.61. The molecule has 2 aromatic rings. The van der Waals surface area contributed by atoms with Crippen LogP contribution in [0.4, 0.5) is 0 Å². The van der Waals surface area contributed by atoms with Gasteiger partial charge in [-0.15, -0.1) is 0 Å². The number of ether oxygens (including phenoxy) is 1. The summed E-state index contributed by atoms with van der Waals surface area (Å²) in [5.41, 5.74) is 1.96. The predicted molar refractivity (Wildman–Crippen MR) is 78.2 cm³/mol. The van der Waals surface area contributed by atoms with Crippen LogP contribution < -0.4 is 4.74 Å². The largest absolute Gasteiger partial charge is 0.488 e. The van der Waals surface area contributed by atoms with E-state index in [-0.39, 0.29) is 12.4 Å². The molecule has 0 fully saturated rings. The van der Waals surface area contributed by atoms with Crippen molar-refractivity contribution in [3.8, 4) is 5.75 Å². The van der Waals surface area contributed by atoms with E-state index in [1.54, 1.807) is 6.07 Å². The first-order valence-corrected chi connectivity index (χ1v) is 6.60. The van der Waals surface area contributed by atoms with Gasteiger partial charge in [0.2, 0.25) is 0 Å². The molecule has 0 atom stereocenters. The van der Waals surface area contributed by atoms with Crippen LogP contribution in [0, 0.1) is 0 Å². The van der Waals surface area contributed by atoms with Crippen molar-refractivity contribution in [2.75, 3.05) is 0 Å². The average molecular weight is 291 g/mol. The number of hydrogen-bond donors (Lipinski definition) is 1.